The third kappa shape index (κ3) is 9.04. The van der Waals surface area contributed by atoms with Crippen LogP contribution in [0.15, 0.2) is 11.0 Å². The van der Waals surface area contributed by atoms with Crippen molar-refractivity contribution in [1.29, 1.82) is 0 Å². The van der Waals surface area contributed by atoms with Crippen molar-refractivity contribution in [2.45, 2.75) is 52.4 Å². The number of nitrogens with zero attached hydrogens (tertiary/aromatic N) is 2. The van der Waals surface area contributed by atoms with E-state index in [1.165, 1.54) is 0 Å². The Morgan fingerprint density at radius 2 is 2.03 bits per heavy atom. The standard InChI is InChI=1S/C15H18FN3O4.C4H8O2.HIS/c1-4-15(8-22-13(20)9(2)3)6-5-11(23-15)19-7-10(16)12(17)18-14(19)21;1-3(2)4(5)6;1-2/h1,7,9,11H,5-6,8H2,2-3H3,(H2,17,18,21);3H,1-2H3,(H,5,6);2H. The number of carboxylic acids is 1. The van der Waals surface area contributed by atoms with Crippen LogP contribution in [0.1, 0.15) is 46.8 Å². The summed E-state index contributed by atoms with van der Waals surface area (Å²) in [5.41, 5.74) is 3.37. The van der Waals surface area contributed by atoms with Crippen LogP contribution in [-0.2, 0) is 19.1 Å². The molecular formula is C19H27FIN3O6S. The number of hydrogen-bond donors (Lipinski definition) is 3. The third-order valence-corrected chi connectivity index (χ3v) is 4.08. The highest BCUT2D eigenvalue weighted by Gasteiger charge is 2.41. The number of carbonyl (C=O) groups is 2. The van der Waals surface area contributed by atoms with Crippen LogP contribution < -0.4 is 11.4 Å². The molecule has 1 aromatic rings. The molecule has 9 nitrogen and oxygen atoms in total. The molecule has 2 rings (SSSR count). The second-order valence-electron chi connectivity index (χ2n) is 7.17. The molecule has 12 heteroatoms. The van der Waals surface area contributed by atoms with Gasteiger partial charge in [-0.1, -0.05) is 33.6 Å². The fraction of sp³-hybridized carbons (Fsp3) is 0.579. The van der Waals surface area contributed by atoms with Crippen LogP contribution in [0.4, 0.5) is 10.2 Å². The second-order valence-corrected chi connectivity index (χ2v) is 7.17. The number of anilines is 1. The molecule has 0 aliphatic carbocycles. The number of thiol groups is 1. The highest BCUT2D eigenvalue weighted by Crippen LogP contribution is 2.36. The molecule has 0 bridgehead atoms. The van der Waals surface area contributed by atoms with Crippen LogP contribution in [0.3, 0.4) is 0 Å². The molecule has 2 heterocycles. The Kier molecular flexibility index (Phi) is 12.7. The first-order valence-corrected chi connectivity index (χ1v) is 12.4. The molecule has 174 valence electrons. The number of ether oxygens (including phenoxy) is 2. The smallest absolute Gasteiger partial charge is 0.351 e. The molecule has 0 aromatic carbocycles. The molecule has 1 aromatic heterocycles. The largest absolute Gasteiger partial charge is 0.481 e. The van der Waals surface area contributed by atoms with Gasteiger partial charge in [-0.15, -0.1) is 16.2 Å². The Morgan fingerprint density at radius 3 is 2.48 bits per heavy atom. The summed E-state index contributed by atoms with van der Waals surface area (Å²) in [7, 11) is 3.50. The maximum absolute atomic E-state index is 13.5. The number of carboxylic acid groups (broad SMARTS) is 1. The minimum absolute atomic E-state index is 0.128. The Bertz CT molecular complexity index is 858. The predicted molar refractivity (Wildman–Crippen MR) is 125 cm³/mol. The highest BCUT2D eigenvalue weighted by molar-refractivity contribution is 14.2. The number of aliphatic carboxylic acids is 1. The van der Waals surface area contributed by atoms with Crippen molar-refractivity contribution in [3.8, 4) is 12.3 Å². The Balaban J connectivity index is 0.000000970. The van der Waals surface area contributed by atoms with E-state index < -0.39 is 41.1 Å². The van der Waals surface area contributed by atoms with Gasteiger partial charge in [0.2, 0.25) is 0 Å². The number of nitrogen functional groups attached to an aromatic ring is 1. The van der Waals surface area contributed by atoms with Crippen molar-refractivity contribution in [2.75, 3.05) is 12.3 Å². The summed E-state index contributed by atoms with van der Waals surface area (Å²) in [5.74, 6) is -0.495. The maximum Gasteiger partial charge on any atom is 0.351 e. The Labute approximate surface area is 197 Å². The second kappa shape index (κ2) is 13.5. The summed E-state index contributed by atoms with van der Waals surface area (Å²) < 4.78 is 25.3. The number of nitrogens with two attached hydrogens (primary N) is 1. The Morgan fingerprint density at radius 1 is 1.48 bits per heavy atom. The van der Waals surface area contributed by atoms with Gasteiger partial charge in [-0.05, 0) is 34.0 Å². The molecule has 2 atom stereocenters. The van der Waals surface area contributed by atoms with Crippen LogP contribution in [0.25, 0.3) is 0 Å². The van der Waals surface area contributed by atoms with E-state index in [9.17, 15) is 18.8 Å². The number of rotatable bonds is 5. The van der Waals surface area contributed by atoms with Gasteiger partial charge in [-0.2, -0.15) is 4.98 Å². The van der Waals surface area contributed by atoms with E-state index in [2.05, 4.69) is 20.7 Å². The quantitative estimate of drug-likeness (QED) is 0.213. The first kappa shape index (κ1) is 29.1. The SMILES string of the molecule is C#CC1(COC(=O)C(C)C)CCC(n2cc(F)c(N)nc2=O)O1.CC(C)C(=O)O.SI. The van der Waals surface area contributed by atoms with Crippen molar-refractivity contribution in [1.82, 2.24) is 9.55 Å². The summed E-state index contributed by atoms with van der Waals surface area (Å²) in [6.07, 6.45) is 6.35. The van der Waals surface area contributed by atoms with Gasteiger partial charge in [0, 0.05) is 0 Å². The van der Waals surface area contributed by atoms with Gasteiger partial charge in [0.15, 0.2) is 17.2 Å². The summed E-state index contributed by atoms with van der Waals surface area (Å²) >= 11 is 1.84. The molecule has 1 aliphatic rings. The fourth-order valence-corrected chi connectivity index (χ4v) is 2.20. The lowest BCUT2D eigenvalue weighted by molar-refractivity contribution is -0.156. The first-order chi connectivity index (χ1) is 14.4. The van der Waals surface area contributed by atoms with E-state index in [0.717, 1.165) is 10.8 Å². The zero-order valence-electron chi connectivity index (χ0n) is 17.7. The van der Waals surface area contributed by atoms with E-state index in [1.807, 2.05) is 21.2 Å². The van der Waals surface area contributed by atoms with E-state index in [4.69, 9.17) is 26.7 Å². The number of halogens is 2. The van der Waals surface area contributed by atoms with Gasteiger partial charge in [-0.25, -0.2) is 9.18 Å². The molecular weight excluding hydrogens is 544 g/mol. The van der Waals surface area contributed by atoms with Crippen molar-refractivity contribution in [2.24, 2.45) is 11.8 Å². The van der Waals surface area contributed by atoms with Crippen molar-refractivity contribution in [3.05, 3.63) is 22.5 Å². The lowest BCUT2D eigenvalue weighted by Crippen LogP contribution is -2.36. The monoisotopic (exact) mass is 571 g/mol. The van der Waals surface area contributed by atoms with Crippen LogP contribution in [-0.4, -0.2) is 38.8 Å². The minimum atomic E-state index is -1.15. The lowest BCUT2D eigenvalue weighted by atomic mass is 10.0. The fourth-order valence-electron chi connectivity index (χ4n) is 2.20. The van der Waals surface area contributed by atoms with Crippen LogP contribution in [0.5, 0.6) is 0 Å². The predicted octanol–water partition coefficient (Wildman–Crippen LogP) is 2.84. The van der Waals surface area contributed by atoms with Crippen molar-refractivity contribution in [3.63, 3.8) is 0 Å². The molecule has 0 radical (unpaired) electrons. The maximum atomic E-state index is 13.5. The molecule has 1 fully saturated rings. The zero-order valence-corrected chi connectivity index (χ0v) is 20.7. The highest BCUT2D eigenvalue weighted by atomic mass is 127. The minimum Gasteiger partial charge on any atom is -0.481 e. The summed E-state index contributed by atoms with van der Waals surface area (Å²) in [6.45, 7) is 6.55. The average Bonchev–Trinajstić information content (AvgIpc) is 3.15. The summed E-state index contributed by atoms with van der Waals surface area (Å²) in [5, 5.41) is 7.99. The topological polar surface area (TPSA) is 134 Å². The third-order valence-electron chi connectivity index (χ3n) is 4.08. The normalized spacial score (nSPS) is 19.5. The van der Waals surface area contributed by atoms with E-state index in [1.54, 1.807) is 27.7 Å². The molecule has 1 aliphatic heterocycles. The molecule has 1 saturated heterocycles. The molecule has 0 saturated carbocycles. The summed E-state index contributed by atoms with van der Waals surface area (Å²) in [4.78, 5) is 36.5. The Hall–Kier alpha value is -1.85. The molecule has 3 N–H and O–H groups in total. The van der Waals surface area contributed by atoms with Crippen molar-refractivity contribution < 1.29 is 28.6 Å². The number of hydrogen-bond acceptors (Lipinski definition) is 8. The van der Waals surface area contributed by atoms with Gasteiger partial charge in [-0.3, -0.25) is 14.2 Å². The average molecular weight is 571 g/mol. The molecule has 2 unspecified atom stereocenters. The van der Waals surface area contributed by atoms with Crippen LogP contribution >= 0.6 is 31.0 Å². The van der Waals surface area contributed by atoms with Gasteiger partial charge < -0.3 is 20.3 Å². The molecule has 0 amide bonds. The first-order valence-electron chi connectivity index (χ1n) is 9.18. The van der Waals surface area contributed by atoms with Gasteiger partial charge in [0.25, 0.3) is 0 Å². The summed E-state index contributed by atoms with van der Waals surface area (Å²) in [6, 6.07) is 0. The number of terminal acetylenes is 1. The van der Waals surface area contributed by atoms with Crippen LogP contribution in [0.2, 0.25) is 0 Å². The number of aromatic nitrogens is 2. The van der Waals surface area contributed by atoms with E-state index in [0.29, 0.717) is 12.8 Å². The molecule has 0 spiro atoms. The number of carbonyl (C=O) groups excluding carboxylic acids is 1. The zero-order chi connectivity index (χ0) is 24.4. The number of esters is 1. The molecule has 31 heavy (non-hydrogen) atoms. The van der Waals surface area contributed by atoms with Crippen LogP contribution in [0, 0.1) is 30.0 Å². The van der Waals surface area contributed by atoms with Gasteiger partial charge >= 0.3 is 17.6 Å². The van der Waals surface area contributed by atoms with Crippen molar-refractivity contribution >= 4 is 48.8 Å². The lowest BCUT2D eigenvalue weighted by Gasteiger charge is -2.24. The van der Waals surface area contributed by atoms with E-state index >= 15 is 0 Å². The van der Waals surface area contributed by atoms with Gasteiger partial charge in [0.1, 0.15) is 12.8 Å². The van der Waals surface area contributed by atoms with Gasteiger partial charge in [0.05, 0.1) is 18.0 Å². The van der Waals surface area contributed by atoms with E-state index in [-0.39, 0.29) is 18.4 Å².